The Hall–Kier alpha value is 0.250. The Morgan fingerprint density at radius 3 is 1.20 bits per heavy atom. The summed E-state index contributed by atoms with van der Waals surface area (Å²) in [7, 11) is 0. The highest BCUT2D eigenvalue weighted by Gasteiger charge is 2.24. The Kier molecular flexibility index (Phi) is 12.6. The molecule has 0 aromatic heterocycles. The maximum Gasteiger partial charge on any atom is 0.0446 e. The molecule has 0 aromatic carbocycles. The van der Waals surface area contributed by atoms with Crippen molar-refractivity contribution in [2.45, 2.75) is 83.4 Å². The molecule has 0 bridgehead atoms. The fraction of sp³-hybridized carbons (Fsp3) is 1.00. The average molecular weight is 236 g/mol. The van der Waals surface area contributed by atoms with Crippen LogP contribution in [0.3, 0.4) is 0 Å². The quantitative estimate of drug-likeness (QED) is 0.512. The lowest BCUT2D eigenvalue weighted by Crippen LogP contribution is -2.21. The molecule has 15 heavy (non-hydrogen) atoms. The van der Waals surface area contributed by atoms with Crippen molar-refractivity contribution in [3.05, 3.63) is 0 Å². The van der Waals surface area contributed by atoms with Crippen molar-refractivity contribution in [3.63, 3.8) is 0 Å². The number of hydrogen-bond acceptors (Lipinski definition) is 1. The molecule has 0 aromatic rings. The van der Waals surface area contributed by atoms with Gasteiger partial charge in [-0.2, -0.15) is 0 Å². The number of rotatable bonds is 9. The molecule has 1 nitrogen and oxygen atoms in total. The zero-order valence-corrected chi connectivity index (χ0v) is 11.7. The maximum atomic E-state index is 6.68. The van der Waals surface area contributed by atoms with Crippen LogP contribution in [0.2, 0.25) is 0 Å². The van der Waals surface area contributed by atoms with E-state index in [4.69, 9.17) is 11.6 Å². The van der Waals surface area contributed by atoms with Crippen LogP contribution in [-0.2, 0) is 0 Å². The minimum absolute atomic E-state index is 0. The molecule has 0 rings (SSSR count). The second-order valence-corrected chi connectivity index (χ2v) is 5.26. The third-order valence-electron chi connectivity index (χ3n) is 2.94. The summed E-state index contributed by atoms with van der Waals surface area (Å²) in [6, 6.07) is 0. The molecule has 0 aliphatic rings. The van der Waals surface area contributed by atoms with Gasteiger partial charge in [-0.3, -0.25) is 0 Å². The molecule has 0 spiro atoms. The first-order chi connectivity index (χ1) is 6.68. The predicted octanol–water partition coefficient (Wildman–Crippen LogP) is 5.70. The van der Waals surface area contributed by atoms with Crippen molar-refractivity contribution in [2.75, 3.05) is 0 Å². The van der Waals surface area contributed by atoms with Crippen LogP contribution in [-0.4, -0.2) is 4.87 Å². The molecule has 3 N–H and O–H groups in total. The minimum Gasteiger partial charge on any atom is -0.344 e. The SMILES string of the molecule is CCCCC(Cl)(CCCC)CCCC.N. The van der Waals surface area contributed by atoms with Gasteiger partial charge in [-0.25, -0.2) is 0 Å². The van der Waals surface area contributed by atoms with Gasteiger partial charge in [-0.1, -0.05) is 59.3 Å². The summed E-state index contributed by atoms with van der Waals surface area (Å²) >= 11 is 6.68. The van der Waals surface area contributed by atoms with E-state index in [0.717, 1.165) is 0 Å². The highest BCUT2D eigenvalue weighted by Crippen LogP contribution is 2.33. The molecular weight excluding hydrogens is 206 g/mol. The van der Waals surface area contributed by atoms with Gasteiger partial charge in [0.25, 0.3) is 0 Å². The third-order valence-corrected chi connectivity index (χ3v) is 3.50. The molecular formula is C13H30ClN. The van der Waals surface area contributed by atoms with E-state index in [0.29, 0.717) is 0 Å². The summed E-state index contributed by atoms with van der Waals surface area (Å²) in [6.45, 7) is 6.74. The lowest BCUT2D eigenvalue weighted by molar-refractivity contribution is 0.416. The molecule has 0 atom stereocenters. The van der Waals surface area contributed by atoms with Gasteiger partial charge in [0.15, 0.2) is 0 Å². The zero-order valence-electron chi connectivity index (χ0n) is 10.9. The van der Waals surface area contributed by atoms with E-state index < -0.39 is 0 Å². The normalized spacial score (nSPS) is 11.2. The van der Waals surface area contributed by atoms with Gasteiger partial charge in [0.05, 0.1) is 0 Å². The van der Waals surface area contributed by atoms with Crippen molar-refractivity contribution < 1.29 is 0 Å². The Morgan fingerprint density at radius 2 is 1.00 bits per heavy atom. The van der Waals surface area contributed by atoms with E-state index in [1.54, 1.807) is 0 Å². The summed E-state index contributed by atoms with van der Waals surface area (Å²) in [5, 5.41) is 0. The molecule has 0 amide bonds. The van der Waals surface area contributed by atoms with Crippen molar-refractivity contribution in [3.8, 4) is 0 Å². The van der Waals surface area contributed by atoms with Gasteiger partial charge >= 0.3 is 0 Å². The predicted molar refractivity (Wildman–Crippen MR) is 72.2 cm³/mol. The molecule has 0 saturated heterocycles. The first-order valence-corrected chi connectivity index (χ1v) is 6.75. The largest absolute Gasteiger partial charge is 0.344 e. The summed E-state index contributed by atoms with van der Waals surface area (Å²) in [5.74, 6) is 0. The second-order valence-electron chi connectivity index (χ2n) is 4.46. The summed E-state index contributed by atoms with van der Waals surface area (Å²) in [6.07, 6.45) is 11.3. The Morgan fingerprint density at radius 1 is 0.733 bits per heavy atom. The molecule has 94 valence electrons. The highest BCUT2D eigenvalue weighted by molar-refractivity contribution is 6.23. The number of hydrogen-bond donors (Lipinski definition) is 1. The van der Waals surface area contributed by atoms with Gasteiger partial charge < -0.3 is 6.15 Å². The zero-order chi connectivity index (χ0) is 10.9. The molecule has 0 aliphatic carbocycles. The fourth-order valence-corrected chi connectivity index (χ4v) is 2.26. The van der Waals surface area contributed by atoms with E-state index >= 15 is 0 Å². The van der Waals surface area contributed by atoms with Crippen LogP contribution >= 0.6 is 11.6 Å². The van der Waals surface area contributed by atoms with Crippen molar-refractivity contribution in [2.24, 2.45) is 0 Å². The maximum absolute atomic E-state index is 6.68. The summed E-state index contributed by atoms with van der Waals surface area (Å²) < 4.78 is 0. The molecule has 0 aliphatic heterocycles. The van der Waals surface area contributed by atoms with Crippen molar-refractivity contribution in [1.29, 1.82) is 0 Å². The fourth-order valence-electron chi connectivity index (χ4n) is 1.86. The van der Waals surface area contributed by atoms with Crippen LogP contribution in [0.4, 0.5) is 0 Å². The number of halogens is 1. The summed E-state index contributed by atoms with van der Waals surface area (Å²) in [4.78, 5) is 0.127. The standard InChI is InChI=1S/C13H27Cl.H3N/c1-4-7-10-13(14,11-8-5-2)12-9-6-3;/h4-12H2,1-3H3;1H3. The number of unbranched alkanes of at least 4 members (excludes halogenated alkanes) is 3. The van der Waals surface area contributed by atoms with E-state index in [2.05, 4.69) is 20.8 Å². The third kappa shape index (κ3) is 9.19. The van der Waals surface area contributed by atoms with Crippen molar-refractivity contribution in [1.82, 2.24) is 6.15 Å². The lowest BCUT2D eigenvalue weighted by atomic mass is 9.90. The Balaban J connectivity index is 0. The van der Waals surface area contributed by atoms with Gasteiger partial charge in [0.1, 0.15) is 0 Å². The van der Waals surface area contributed by atoms with Crippen LogP contribution in [0.5, 0.6) is 0 Å². The minimum atomic E-state index is 0. The lowest BCUT2D eigenvalue weighted by Gasteiger charge is -2.27. The van der Waals surface area contributed by atoms with Gasteiger partial charge in [0, 0.05) is 4.87 Å². The number of alkyl halides is 1. The van der Waals surface area contributed by atoms with Crippen LogP contribution < -0.4 is 6.15 Å². The monoisotopic (exact) mass is 235 g/mol. The summed E-state index contributed by atoms with van der Waals surface area (Å²) in [5.41, 5.74) is 0. The van der Waals surface area contributed by atoms with E-state index in [1.807, 2.05) is 0 Å². The average Bonchev–Trinajstić information content (AvgIpc) is 2.21. The topological polar surface area (TPSA) is 35.0 Å². The highest BCUT2D eigenvalue weighted by atomic mass is 35.5. The molecule has 0 saturated carbocycles. The molecule has 0 unspecified atom stereocenters. The first kappa shape index (κ1) is 17.6. The molecule has 2 heteroatoms. The van der Waals surface area contributed by atoms with Crippen LogP contribution in [0, 0.1) is 0 Å². The van der Waals surface area contributed by atoms with Crippen molar-refractivity contribution >= 4 is 11.6 Å². The van der Waals surface area contributed by atoms with Crippen LogP contribution in [0.1, 0.15) is 78.6 Å². The molecule has 0 heterocycles. The van der Waals surface area contributed by atoms with Gasteiger partial charge in [-0.15, -0.1) is 11.6 Å². The second kappa shape index (κ2) is 10.8. The Labute approximate surface area is 102 Å². The van der Waals surface area contributed by atoms with Gasteiger partial charge in [0.2, 0.25) is 0 Å². The first-order valence-electron chi connectivity index (χ1n) is 6.37. The van der Waals surface area contributed by atoms with E-state index in [-0.39, 0.29) is 11.0 Å². The van der Waals surface area contributed by atoms with E-state index in [1.165, 1.54) is 57.8 Å². The van der Waals surface area contributed by atoms with Crippen LogP contribution in [0.15, 0.2) is 0 Å². The van der Waals surface area contributed by atoms with Crippen LogP contribution in [0.25, 0.3) is 0 Å². The van der Waals surface area contributed by atoms with E-state index in [9.17, 15) is 0 Å². The Bertz CT molecular complexity index is 104. The molecule has 0 fully saturated rings. The van der Waals surface area contributed by atoms with Gasteiger partial charge in [-0.05, 0) is 19.3 Å². The molecule has 0 radical (unpaired) electrons. The smallest absolute Gasteiger partial charge is 0.0446 e.